The van der Waals surface area contributed by atoms with Crippen molar-refractivity contribution in [3.8, 4) is 5.75 Å². The van der Waals surface area contributed by atoms with Crippen LogP contribution >= 0.6 is 0 Å². The van der Waals surface area contributed by atoms with Crippen LogP contribution in [0, 0.1) is 0 Å². The van der Waals surface area contributed by atoms with Gasteiger partial charge in [0.15, 0.2) is 5.69 Å². The molecule has 0 unspecified atom stereocenters. The van der Waals surface area contributed by atoms with Gasteiger partial charge < -0.3 is 10.1 Å². The van der Waals surface area contributed by atoms with Crippen LogP contribution in [0.25, 0.3) is 0 Å². The third kappa shape index (κ3) is 4.26. The van der Waals surface area contributed by atoms with E-state index in [-0.39, 0.29) is 5.91 Å². The van der Waals surface area contributed by atoms with E-state index in [0.717, 1.165) is 24.3 Å². The summed E-state index contributed by atoms with van der Waals surface area (Å²) in [5.41, 5.74) is 2.10. The number of aromatic nitrogens is 4. The SMILES string of the molecule is CCCn1ccc(C(=O)Nc2cnn(Cc3cccc(OC)c3)c2)n1. The van der Waals surface area contributed by atoms with Gasteiger partial charge in [0.05, 0.1) is 25.5 Å². The van der Waals surface area contributed by atoms with E-state index in [0.29, 0.717) is 17.9 Å². The Balaban J connectivity index is 1.63. The number of nitrogens with zero attached hydrogens (tertiary/aromatic N) is 4. The molecule has 3 aromatic rings. The monoisotopic (exact) mass is 339 g/mol. The highest BCUT2D eigenvalue weighted by atomic mass is 16.5. The molecule has 2 aromatic heterocycles. The first-order valence-electron chi connectivity index (χ1n) is 8.18. The van der Waals surface area contributed by atoms with Gasteiger partial charge in [0.1, 0.15) is 5.75 Å². The molecular weight excluding hydrogens is 318 g/mol. The lowest BCUT2D eigenvalue weighted by atomic mass is 10.2. The molecule has 1 N–H and O–H groups in total. The number of amides is 1. The number of hydrogen-bond acceptors (Lipinski definition) is 4. The van der Waals surface area contributed by atoms with Crippen LogP contribution in [0.1, 0.15) is 29.4 Å². The van der Waals surface area contributed by atoms with Crippen molar-refractivity contribution in [1.82, 2.24) is 19.6 Å². The summed E-state index contributed by atoms with van der Waals surface area (Å²) in [4.78, 5) is 12.2. The van der Waals surface area contributed by atoms with Crippen LogP contribution < -0.4 is 10.1 Å². The number of aryl methyl sites for hydroxylation is 1. The minimum atomic E-state index is -0.240. The fourth-order valence-corrected chi connectivity index (χ4v) is 2.50. The van der Waals surface area contributed by atoms with Crippen molar-refractivity contribution in [3.05, 3.63) is 60.2 Å². The highest BCUT2D eigenvalue weighted by molar-refractivity contribution is 6.02. The van der Waals surface area contributed by atoms with Gasteiger partial charge in [0, 0.05) is 18.9 Å². The Hall–Kier alpha value is -3.09. The van der Waals surface area contributed by atoms with E-state index in [2.05, 4.69) is 22.4 Å². The van der Waals surface area contributed by atoms with Crippen LogP contribution in [-0.4, -0.2) is 32.6 Å². The average Bonchev–Trinajstić information content (AvgIpc) is 3.25. The Morgan fingerprint density at radius 1 is 1.28 bits per heavy atom. The molecule has 0 atom stereocenters. The van der Waals surface area contributed by atoms with E-state index >= 15 is 0 Å². The summed E-state index contributed by atoms with van der Waals surface area (Å²) < 4.78 is 8.75. The molecule has 0 bridgehead atoms. The van der Waals surface area contributed by atoms with E-state index in [1.807, 2.05) is 30.5 Å². The molecule has 1 amide bonds. The number of rotatable bonds is 7. The van der Waals surface area contributed by atoms with E-state index in [1.54, 1.807) is 34.9 Å². The Bertz CT molecular complexity index is 853. The Morgan fingerprint density at radius 3 is 2.96 bits per heavy atom. The lowest BCUT2D eigenvalue weighted by Gasteiger charge is -2.04. The molecule has 0 aliphatic rings. The molecule has 0 aliphatic carbocycles. The van der Waals surface area contributed by atoms with Crippen molar-refractivity contribution in [1.29, 1.82) is 0 Å². The molecule has 25 heavy (non-hydrogen) atoms. The molecular formula is C18H21N5O2. The highest BCUT2D eigenvalue weighted by Crippen LogP contribution is 2.14. The van der Waals surface area contributed by atoms with Gasteiger partial charge >= 0.3 is 0 Å². The Morgan fingerprint density at radius 2 is 2.16 bits per heavy atom. The minimum Gasteiger partial charge on any atom is -0.497 e. The summed E-state index contributed by atoms with van der Waals surface area (Å²) in [5, 5.41) is 11.4. The van der Waals surface area contributed by atoms with Gasteiger partial charge in [-0.1, -0.05) is 19.1 Å². The van der Waals surface area contributed by atoms with Gasteiger partial charge in [0.2, 0.25) is 0 Å². The van der Waals surface area contributed by atoms with Crippen molar-refractivity contribution in [2.24, 2.45) is 0 Å². The lowest BCUT2D eigenvalue weighted by Crippen LogP contribution is -2.13. The summed E-state index contributed by atoms with van der Waals surface area (Å²) in [7, 11) is 1.64. The summed E-state index contributed by atoms with van der Waals surface area (Å²) in [6.45, 7) is 3.46. The quantitative estimate of drug-likeness (QED) is 0.718. The topological polar surface area (TPSA) is 74.0 Å². The summed E-state index contributed by atoms with van der Waals surface area (Å²) in [5.74, 6) is 0.566. The van der Waals surface area contributed by atoms with Crippen LogP contribution in [0.15, 0.2) is 48.9 Å². The fourth-order valence-electron chi connectivity index (χ4n) is 2.50. The predicted octanol–water partition coefficient (Wildman–Crippen LogP) is 2.80. The Labute approximate surface area is 146 Å². The minimum absolute atomic E-state index is 0.240. The fraction of sp³-hybridized carbons (Fsp3) is 0.278. The Kier molecular flexibility index (Phi) is 5.13. The van der Waals surface area contributed by atoms with E-state index < -0.39 is 0 Å². The van der Waals surface area contributed by atoms with Gasteiger partial charge in [-0.2, -0.15) is 10.2 Å². The van der Waals surface area contributed by atoms with Crippen molar-refractivity contribution >= 4 is 11.6 Å². The molecule has 3 rings (SSSR count). The van der Waals surface area contributed by atoms with Crippen LogP contribution in [0.2, 0.25) is 0 Å². The lowest BCUT2D eigenvalue weighted by molar-refractivity contribution is 0.102. The predicted molar refractivity (Wildman–Crippen MR) is 94.8 cm³/mol. The number of nitrogens with one attached hydrogen (secondary N) is 1. The van der Waals surface area contributed by atoms with Gasteiger partial charge in [-0.15, -0.1) is 0 Å². The highest BCUT2D eigenvalue weighted by Gasteiger charge is 2.11. The first-order chi connectivity index (χ1) is 12.2. The zero-order valence-electron chi connectivity index (χ0n) is 14.3. The standard InChI is InChI=1S/C18H21N5O2/c1-3-8-22-9-7-17(21-22)18(24)20-15-11-19-23(13-15)12-14-5-4-6-16(10-14)25-2/h4-7,9-11,13H,3,8,12H2,1-2H3,(H,20,24). The molecule has 0 saturated heterocycles. The van der Waals surface area contributed by atoms with Crippen LogP contribution in [-0.2, 0) is 13.1 Å². The molecule has 0 fully saturated rings. The van der Waals surface area contributed by atoms with E-state index in [1.165, 1.54) is 0 Å². The molecule has 0 radical (unpaired) electrons. The van der Waals surface area contributed by atoms with E-state index in [9.17, 15) is 4.79 Å². The third-order valence-electron chi connectivity index (χ3n) is 3.70. The number of carbonyl (C=O) groups is 1. The van der Waals surface area contributed by atoms with Gasteiger partial charge in [-0.25, -0.2) is 0 Å². The van der Waals surface area contributed by atoms with Crippen molar-refractivity contribution in [2.75, 3.05) is 12.4 Å². The van der Waals surface area contributed by atoms with Crippen molar-refractivity contribution in [3.63, 3.8) is 0 Å². The molecule has 7 heteroatoms. The van der Waals surface area contributed by atoms with Gasteiger partial charge in [0.25, 0.3) is 5.91 Å². The maximum atomic E-state index is 12.2. The molecule has 1 aromatic carbocycles. The van der Waals surface area contributed by atoms with Crippen molar-refractivity contribution < 1.29 is 9.53 Å². The summed E-state index contributed by atoms with van der Waals surface area (Å²) >= 11 is 0. The number of methoxy groups -OCH3 is 1. The molecule has 0 saturated carbocycles. The van der Waals surface area contributed by atoms with Crippen LogP contribution in [0.3, 0.4) is 0 Å². The summed E-state index contributed by atoms with van der Waals surface area (Å²) in [6, 6.07) is 9.51. The largest absolute Gasteiger partial charge is 0.497 e. The first kappa shape index (κ1) is 16.8. The number of benzene rings is 1. The first-order valence-corrected chi connectivity index (χ1v) is 8.18. The third-order valence-corrected chi connectivity index (χ3v) is 3.70. The molecule has 7 nitrogen and oxygen atoms in total. The second kappa shape index (κ2) is 7.65. The molecule has 0 aliphatic heterocycles. The number of ether oxygens (including phenoxy) is 1. The van der Waals surface area contributed by atoms with Gasteiger partial charge in [-0.3, -0.25) is 14.2 Å². The molecule has 2 heterocycles. The normalized spacial score (nSPS) is 10.6. The number of carbonyl (C=O) groups excluding carboxylic acids is 1. The molecule has 130 valence electrons. The van der Waals surface area contributed by atoms with Gasteiger partial charge in [-0.05, 0) is 30.2 Å². The zero-order valence-corrected chi connectivity index (χ0v) is 14.3. The van der Waals surface area contributed by atoms with Crippen LogP contribution in [0.5, 0.6) is 5.75 Å². The second-order valence-corrected chi connectivity index (χ2v) is 5.70. The smallest absolute Gasteiger partial charge is 0.276 e. The second-order valence-electron chi connectivity index (χ2n) is 5.70. The van der Waals surface area contributed by atoms with Crippen molar-refractivity contribution in [2.45, 2.75) is 26.4 Å². The number of anilines is 1. The van der Waals surface area contributed by atoms with Crippen LogP contribution in [0.4, 0.5) is 5.69 Å². The maximum absolute atomic E-state index is 12.2. The zero-order chi connectivity index (χ0) is 17.6. The number of hydrogen-bond donors (Lipinski definition) is 1. The summed E-state index contributed by atoms with van der Waals surface area (Å²) in [6.07, 6.45) is 6.20. The average molecular weight is 339 g/mol. The van der Waals surface area contributed by atoms with E-state index in [4.69, 9.17) is 4.74 Å². The molecule has 0 spiro atoms. The maximum Gasteiger partial charge on any atom is 0.276 e.